The average Bonchev–Trinajstić information content (AvgIpc) is 2.08. The second kappa shape index (κ2) is 5.85. The Balaban J connectivity index is 4.11. The molecule has 0 rings (SSSR count). The lowest BCUT2D eigenvalue weighted by atomic mass is 9.92. The standard InChI is InChI=1S/C14H30N2O/c1-13(2,3)11-12(17)15(7)9-10-16(8)14(4,5)6/h9-11H2,1-8H3. The Bertz CT molecular complexity index is 248. The van der Waals surface area contributed by atoms with Crippen LogP contribution in [0.3, 0.4) is 0 Å². The summed E-state index contributed by atoms with van der Waals surface area (Å²) >= 11 is 0. The lowest BCUT2D eigenvalue weighted by molar-refractivity contribution is -0.132. The molecule has 0 heterocycles. The van der Waals surface area contributed by atoms with Gasteiger partial charge in [-0.05, 0) is 33.2 Å². The molecule has 0 N–H and O–H groups in total. The normalized spacial score (nSPS) is 13.0. The summed E-state index contributed by atoms with van der Waals surface area (Å²) < 4.78 is 0. The fourth-order valence-electron chi connectivity index (χ4n) is 1.35. The minimum atomic E-state index is 0.0707. The minimum Gasteiger partial charge on any atom is -0.344 e. The van der Waals surface area contributed by atoms with Crippen molar-refractivity contribution < 1.29 is 4.79 Å². The van der Waals surface area contributed by atoms with Crippen molar-refractivity contribution in [3.05, 3.63) is 0 Å². The summed E-state index contributed by atoms with van der Waals surface area (Å²) in [6.07, 6.45) is 0.614. The van der Waals surface area contributed by atoms with E-state index in [4.69, 9.17) is 0 Å². The summed E-state index contributed by atoms with van der Waals surface area (Å²) in [7, 11) is 3.99. The third-order valence-corrected chi connectivity index (χ3v) is 3.02. The zero-order valence-electron chi connectivity index (χ0n) is 12.9. The van der Waals surface area contributed by atoms with E-state index in [2.05, 4.69) is 53.5 Å². The van der Waals surface area contributed by atoms with Gasteiger partial charge in [-0.2, -0.15) is 0 Å². The van der Waals surface area contributed by atoms with Gasteiger partial charge < -0.3 is 4.90 Å². The molecule has 0 aliphatic carbocycles. The second-order valence-corrected chi connectivity index (χ2v) is 7.15. The predicted molar refractivity (Wildman–Crippen MR) is 74.1 cm³/mol. The largest absolute Gasteiger partial charge is 0.344 e. The molecule has 3 nitrogen and oxygen atoms in total. The highest BCUT2D eigenvalue weighted by Gasteiger charge is 2.21. The van der Waals surface area contributed by atoms with Crippen LogP contribution in [0.25, 0.3) is 0 Å². The van der Waals surface area contributed by atoms with E-state index < -0.39 is 0 Å². The first-order chi connectivity index (χ1) is 7.43. The van der Waals surface area contributed by atoms with Crippen molar-refractivity contribution in [3.8, 4) is 0 Å². The maximum absolute atomic E-state index is 11.9. The van der Waals surface area contributed by atoms with E-state index in [1.54, 1.807) is 0 Å². The number of hydrogen-bond acceptors (Lipinski definition) is 2. The lowest BCUT2D eigenvalue weighted by Crippen LogP contribution is -2.43. The van der Waals surface area contributed by atoms with Crippen molar-refractivity contribution in [1.29, 1.82) is 0 Å². The molecule has 0 atom stereocenters. The first-order valence-corrected chi connectivity index (χ1v) is 6.39. The first-order valence-electron chi connectivity index (χ1n) is 6.39. The van der Waals surface area contributed by atoms with Crippen molar-refractivity contribution in [2.45, 2.75) is 53.5 Å². The molecule has 0 aromatic carbocycles. The number of nitrogens with zero attached hydrogens (tertiary/aromatic N) is 2. The molecule has 102 valence electrons. The lowest BCUT2D eigenvalue weighted by Gasteiger charge is -2.33. The number of carbonyl (C=O) groups is 1. The van der Waals surface area contributed by atoms with E-state index in [0.29, 0.717) is 6.42 Å². The van der Waals surface area contributed by atoms with Gasteiger partial charge in [-0.15, -0.1) is 0 Å². The fraction of sp³-hybridized carbons (Fsp3) is 0.929. The molecule has 0 aliphatic heterocycles. The summed E-state index contributed by atoms with van der Waals surface area (Å²) in [4.78, 5) is 16.0. The van der Waals surface area contributed by atoms with Crippen LogP contribution in [-0.2, 0) is 4.79 Å². The number of carbonyl (C=O) groups excluding carboxylic acids is 1. The summed E-state index contributed by atoms with van der Waals surface area (Å²) in [5.74, 6) is 0.236. The van der Waals surface area contributed by atoms with Crippen LogP contribution in [0, 0.1) is 5.41 Å². The van der Waals surface area contributed by atoms with Crippen molar-refractivity contribution >= 4 is 5.91 Å². The monoisotopic (exact) mass is 242 g/mol. The molecule has 0 radical (unpaired) electrons. The Morgan fingerprint density at radius 2 is 1.41 bits per heavy atom. The van der Waals surface area contributed by atoms with E-state index in [-0.39, 0.29) is 16.9 Å². The van der Waals surface area contributed by atoms with Crippen LogP contribution in [0.5, 0.6) is 0 Å². The Morgan fingerprint density at radius 3 is 1.76 bits per heavy atom. The van der Waals surface area contributed by atoms with Gasteiger partial charge in [-0.25, -0.2) is 0 Å². The molecular weight excluding hydrogens is 212 g/mol. The molecule has 0 saturated carbocycles. The first kappa shape index (κ1) is 16.4. The number of amides is 1. The van der Waals surface area contributed by atoms with Crippen LogP contribution >= 0.6 is 0 Å². The van der Waals surface area contributed by atoms with Crippen LogP contribution < -0.4 is 0 Å². The van der Waals surface area contributed by atoms with E-state index in [0.717, 1.165) is 13.1 Å². The molecule has 0 aliphatic rings. The number of hydrogen-bond donors (Lipinski definition) is 0. The van der Waals surface area contributed by atoms with Crippen LogP contribution in [0.1, 0.15) is 48.0 Å². The average molecular weight is 242 g/mol. The molecule has 17 heavy (non-hydrogen) atoms. The molecule has 0 aromatic heterocycles. The second-order valence-electron chi connectivity index (χ2n) is 7.15. The number of rotatable bonds is 4. The molecule has 0 fully saturated rings. The summed E-state index contributed by atoms with van der Waals surface area (Å²) in [6.45, 7) is 14.6. The van der Waals surface area contributed by atoms with Gasteiger partial charge >= 0.3 is 0 Å². The molecule has 1 amide bonds. The molecular formula is C14H30N2O. The van der Waals surface area contributed by atoms with Gasteiger partial charge in [0, 0.05) is 32.1 Å². The summed E-state index contributed by atoms with van der Waals surface area (Å²) in [6, 6.07) is 0. The zero-order chi connectivity index (χ0) is 13.9. The highest BCUT2D eigenvalue weighted by Crippen LogP contribution is 2.19. The molecule has 0 unspecified atom stereocenters. The molecule has 0 bridgehead atoms. The summed E-state index contributed by atoms with van der Waals surface area (Å²) in [5.41, 5.74) is 0.231. The maximum Gasteiger partial charge on any atom is 0.222 e. The highest BCUT2D eigenvalue weighted by atomic mass is 16.2. The van der Waals surface area contributed by atoms with Crippen molar-refractivity contribution in [2.75, 3.05) is 27.2 Å². The molecule has 0 saturated heterocycles. The molecule has 0 aromatic rings. The summed E-state index contributed by atoms with van der Waals surface area (Å²) in [5, 5.41) is 0. The minimum absolute atomic E-state index is 0.0707. The van der Waals surface area contributed by atoms with E-state index in [9.17, 15) is 4.79 Å². The zero-order valence-corrected chi connectivity index (χ0v) is 12.9. The Labute approximate surface area is 107 Å². The van der Waals surface area contributed by atoms with Crippen LogP contribution in [0.2, 0.25) is 0 Å². The Hall–Kier alpha value is -0.570. The SMILES string of the molecule is CN(CCN(C)C(C)(C)C)C(=O)CC(C)(C)C. The van der Waals surface area contributed by atoms with E-state index in [1.165, 1.54) is 0 Å². The fourth-order valence-corrected chi connectivity index (χ4v) is 1.35. The number of likely N-dealkylation sites (N-methyl/N-ethyl adjacent to an activating group) is 2. The Morgan fingerprint density at radius 1 is 0.941 bits per heavy atom. The van der Waals surface area contributed by atoms with Crippen LogP contribution in [0.15, 0.2) is 0 Å². The van der Waals surface area contributed by atoms with E-state index in [1.807, 2.05) is 11.9 Å². The van der Waals surface area contributed by atoms with Gasteiger partial charge in [-0.3, -0.25) is 9.69 Å². The topological polar surface area (TPSA) is 23.6 Å². The third kappa shape index (κ3) is 7.37. The molecule has 3 heteroatoms. The third-order valence-electron chi connectivity index (χ3n) is 3.02. The van der Waals surface area contributed by atoms with Crippen molar-refractivity contribution in [2.24, 2.45) is 5.41 Å². The van der Waals surface area contributed by atoms with Crippen molar-refractivity contribution in [3.63, 3.8) is 0 Å². The smallest absolute Gasteiger partial charge is 0.222 e. The quantitative estimate of drug-likeness (QED) is 0.756. The van der Waals surface area contributed by atoms with Crippen LogP contribution in [-0.4, -0.2) is 48.4 Å². The van der Waals surface area contributed by atoms with E-state index >= 15 is 0 Å². The van der Waals surface area contributed by atoms with Crippen molar-refractivity contribution in [1.82, 2.24) is 9.80 Å². The predicted octanol–water partition coefficient (Wildman–Crippen LogP) is 2.61. The van der Waals surface area contributed by atoms with Gasteiger partial charge in [0.05, 0.1) is 0 Å². The Kier molecular flexibility index (Phi) is 5.66. The van der Waals surface area contributed by atoms with Gasteiger partial charge in [0.15, 0.2) is 0 Å². The van der Waals surface area contributed by atoms with Gasteiger partial charge in [0.2, 0.25) is 5.91 Å². The van der Waals surface area contributed by atoms with Gasteiger partial charge in [0.25, 0.3) is 0 Å². The van der Waals surface area contributed by atoms with Crippen LogP contribution in [0.4, 0.5) is 0 Å². The maximum atomic E-state index is 11.9. The molecule has 0 spiro atoms. The van der Waals surface area contributed by atoms with Gasteiger partial charge in [-0.1, -0.05) is 20.8 Å². The highest BCUT2D eigenvalue weighted by molar-refractivity contribution is 5.76. The van der Waals surface area contributed by atoms with Gasteiger partial charge in [0.1, 0.15) is 0 Å².